The summed E-state index contributed by atoms with van der Waals surface area (Å²) in [6.45, 7) is -0.658. The Morgan fingerprint density at radius 3 is 2.50 bits per heavy atom. The molecule has 1 aromatic heterocycles. The molecule has 0 amide bonds. The predicted octanol–water partition coefficient (Wildman–Crippen LogP) is 2.04. The summed E-state index contributed by atoms with van der Waals surface area (Å²) in [6, 6.07) is 1.83. The summed E-state index contributed by atoms with van der Waals surface area (Å²) in [4.78, 5) is 3.19. The highest BCUT2D eigenvalue weighted by Gasteiger charge is 2.33. The fraction of sp³-hybridized carbons (Fsp3) is 0.375. The topological polar surface area (TPSA) is 42.0 Å². The van der Waals surface area contributed by atoms with Gasteiger partial charge in [0.2, 0.25) is 5.88 Å². The van der Waals surface area contributed by atoms with Crippen molar-refractivity contribution < 1.29 is 23.0 Å². The van der Waals surface area contributed by atoms with E-state index in [2.05, 4.69) is 9.72 Å². The van der Waals surface area contributed by atoms with Gasteiger partial charge in [-0.1, -0.05) is 0 Å². The number of nitrogens with zero attached hydrogens (tertiary/aromatic N) is 1. The molecule has 0 aromatic carbocycles. The van der Waals surface area contributed by atoms with Crippen LogP contribution in [0.15, 0.2) is 12.1 Å². The molecule has 0 spiro atoms. The Morgan fingerprint density at radius 1 is 1.43 bits per heavy atom. The number of pyridine rings is 1. The van der Waals surface area contributed by atoms with Crippen LogP contribution in [0.4, 0.5) is 13.2 Å². The maximum Gasteiger partial charge on any atom is 0.433 e. The Kier molecular flexibility index (Phi) is 2.95. The maximum absolute atomic E-state index is 12.1. The van der Waals surface area contributed by atoms with Crippen molar-refractivity contribution in [3.63, 3.8) is 0 Å². The van der Waals surface area contributed by atoms with E-state index in [0.29, 0.717) is 0 Å². The number of ether oxygens (including phenoxy) is 1. The second kappa shape index (κ2) is 3.83. The largest absolute Gasteiger partial charge is 0.481 e. The first kappa shape index (κ1) is 10.8. The third-order valence-corrected chi connectivity index (χ3v) is 1.58. The van der Waals surface area contributed by atoms with E-state index in [9.17, 15) is 18.3 Å². The van der Waals surface area contributed by atoms with Gasteiger partial charge in [-0.3, -0.25) is 0 Å². The summed E-state index contributed by atoms with van der Waals surface area (Å²) < 4.78 is 41.0. The number of hydrogen-bond acceptors (Lipinski definition) is 2. The van der Waals surface area contributed by atoms with Crippen LogP contribution in [0.1, 0.15) is 11.3 Å². The van der Waals surface area contributed by atoms with E-state index in [1.54, 1.807) is 0 Å². The molecule has 1 radical (unpaired) electrons. The van der Waals surface area contributed by atoms with E-state index in [0.717, 1.165) is 12.1 Å². The van der Waals surface area contributed by atoms with Crippen molar-refractivity contribution >= 4 is 0 Å². The van der Waals surface area contributed by atoms with Crippen molar-refractivity contribution in [1.29, 1.82) is 0 Å². The Morgan fingerprint density at radius 2 is 2.07 bits per heavy atom. The van der Waals surface area contributed by atoms with Gasteiger partial charge in [-0.15, -0.1) is 0 Å². The lowest BCUT2D eigenvalue weighted by molar-refractivity contribution is -0.141. The number of aromatic nitrogens is 1. The fourth-order valence-electron chi connectivity index (χ4n) is 0.914. The molecule has 1 aromatic rings. The number of hydrogen-bond donors (Lipinski definition) is 0. The van der Waals surface area contributed by atoms with Gasteiger partial charge in [-0.05, 0) is 12.1 Å². The van der Waals surface area contributed by atoms with Gasteiger partial charge in [-0.2, -0.15) is 13.2 Å². The SMILES string of the molecule is COc1nc(C(F)(F)F)ccc1C[O]. The molecular formula is C8H7F3NO2. The Hall–Kier alpha value is -1.30. The van der Waals surface area contributed by atoms with Crippen LogP contribution < -0.4 is 4.74 Å². The third kappa shape index (κ3) is 2.14. The Bertz CT molecular complexity index is 325. The summed E-state index contributed by atoms with van der Waals surface area (Å²) in [6.07, 6.45) is -4.52. The van der Waals surface area contributed by atoms with Gasteiger partial charge in [0.25, 0.3) is 0 Å². The highest BCUT2D eigenvalue weighted by Crippen LogP contribution is 2.29. The van der Waals surface area contributed by atoms with Gasteiger partial charge in [0.15, 0.2) is 0 Å². The highest BCUT2D eigenvalue weighted by molar-refractivity contribution is 5.28. The van der Waals surface area contributed by atoms with Gasteiger partial charge >= 0.3 is 6.18 Å². The van der Waals surface area contributed by atoms with Crippen molar-refractivity contribution in [2.45, 2.75) is 12.8 Å². The van der Waals surface area contributed by atoms with E-state index in [4.69, 9.17) is 0 Å². The number of alkyl halides is 3. The molecule has 0 aliphatic carbocycles. The lowest BCUT2D eigenvalue weighted by atomic mass is 10.2. The first-order valence-electron chi connectivity index (χ1n) is 3.68. The van der Waals surface area contributed by atoms with Gasteiger partial charge < -0.3 is 4.74 Å². The molecule has 0 atom stereocenters. The molecule has 0 aliphatic heterocycles. The van der Waals surface area contributed by atoms with Crippen LogP contribution in [-0.4, -0.2) is 12.1 Å². The quantitative estimate of drug-likeness (QED) is 0.742. The molecule has 6 heteroatoms. The summed E-state index contributed by atoms with van der Waals surface area (Å²) in [7, 11) is 1.17. The second-order valence-corrected chi connectivity index (χ2v) is 2.51. The zero-order valence-electron chi connectivity index (χ0n) is 7.26. The van der Waals surface area contributed by atoms with Gasteiger partial charge in [-0.25, -0.2) is 10.1 Å². The summed E-state index contributed by atoms with van der Waals surface area (Å²) in [5.41, 5.74) is -0.952. The zero-order valence-corrected chi connectivity index (χ0v) is 7.26. The van der Waals surface area contributed by atoms with E-state index in [-0.39, 0.29) is 11.4 Å². The average Bonchev–Trinajstić information content (AvgIpc) is 2.15. The standard InChI is InChI=1S/C8H7F3NO2/c1-14-7-5(4-13)2-3-6(12-7)8(9,10)11/h2-3H,4H2,1H3. The lowest BCUT2D eigenvalue weighted by Gasteiger charge is -2.09. The van der Waals surface area contributed by atoms with Crippen LogP contribution in [0, 0.1) is 0 Å². The minimum Gasteiger partial charge on any atom is -0.481 e. The molecule has 0 saturated carbocycles. The van der Waals surface area contributed by atoms with E-state index >= 15 is 0 Å². The Balaban J connectivity index is 3.14. The second-order valence-electron chi connectivity index (χ2n) is 2.51. The van der Waals surface area contributed by atoms with Crippen molar-refractivity contribution in [2.75, 3.05) is 7.11 Å². The summed E-state index contributed by atoms with van der Waals surface area (Å²) >= 11 is 0. The van der Waals surface area contributed by atoms with Crippen molar-refractivity contribution in [3.05, 3.63) is 23.4 Å². The van der Waals surface area contributed by atoms with E-state index < -0.39 is 18.5 Å². The monoisotopic (exact) mass is 206 g/mol. The smallest absolute Gasteiger partial charge is 0.433 e. The van der Waals surface area contributed by atoms with E-state index in [1.807, 2.05) is 0 Å². The minimum atomic E-state index is -4.52. The summed E-state index contributed by atoms with van der Waals surface area (Å²) in [5, 5.41) is 10.5. The number of halogens is 3. The molecule has 0 N–H and O–H groups in total. The lowest BCUT2D eigenvalue weighted by Crippen LogP contribution is -2.09. The normalized spacial score (nSPS) is 11.5. The van der Waals surface area contributed by atoms with E-state index in [1.165, 1.54) is 7.11 Å². The fourth-order valence-corrected chi connectivity index (χ4v) is 0.914. The molecule has 0 aliphatic rings. The molecule has 0 bridgehead atoms. The molecular weight excluding hydrogens is 199 g/mol. The van der Waals surface area contributed by atoms with Crippen molar-refractivity contribution in [1.82, 2.24) is 4.98 Å². The summed E-state index contributed by atoms with van der Waals surface area (Å²) in [5.74, 6) is -0.269. The third-order valence-electron chi connectivity index (χ3n) is 1.58. The van der Waals surface area contributed by atoms with Gasteiger partial charge in [0.1, 0.15) is 12.3 Å². The number of rotatable bonds is 2. The molecule has 3 nitrogen and oxygen atoms in total. The molecule has 1 rings (SSSR count). The minimum absolute atomic E-state index is 0.112. The molecule has 1 heterocycles. The number of methoxy groups -OCH3 is 1. The van der Waals surface area contributed by atoms with Gasteiger partial charge in [0.05, 0.1) is 7.11 Å². The van der Waals surface area contributed by atoms with Crippen LogP contribution in [0.25, 0.3) is 0 Å². The Labute approximate surface area is 78.2 Å². The predicted molar refractivity (Wildman–Crippen MR) is 40.2 cm³/mol. The van der Waals surface area contributed by atoms with Crippen molar-refractivity contribution in [2.24, 2.45) is 0 Å². The average molecular weight is 206 g/mol. The van der Waals surface area contributed by atoms with Crippen LogP contribution in [0.3, 0.4) is 0 Å². The first-order valence-corrected chi connectivity index (χ1v) is 3.68. The van der Waals surface area contributed by atoms with Crippen LogP contribution >= 0.6 is 0 Å². The van der Waals surface area contributed by atoms with Crippen LogP contribution in [0.5, 0.6) is 5.88 Å². The van der Waals surface area contributed by atoms with Gasteiger partial charge in [0, 0.05) is 5.56 Å². The first-order chi connectivity index (χ1) is 6.49. The van der Waals surface area contributed by atoms with Crippen LogP contribution in [0.2, 0.25) is 0 Å². The molecule has 0 saturated heterocycles. The van der Waals surface area contributed by atoms with Crippen molar-refractivity contribution in [3.8, 4) is 5.88 Å². The molecule has 0 unspecified atom stereocenters. The maximum atomic E-state index is 12.1. The molecule has 14 heavy (non-hydrogen) atoms. The highest BCUT2D eigenvalue weighted by atomic mass is 19.4. The molecule has 0 fully saturated rings. The molecule has 77 valence electrons. The van der Waals surface area contributed by atoms with Crippen LogP contribution in [-0.2, 0) is 17.9 Å². The zero-order chi connectivity index (χ0) is 10.8.